The normalized spacial score (nSPS) is 19.2. The first-order valence-corrected chi connectivity index (χ1v) is 6.47. The van der Waals surface area contributed by atoms with Gasteiger partial charge in [0.25, 0.3) is 0 Å². The smallest absolute Gasteiger partial charge is 0.223 e. The summed E-state index contributed by atoms with van der Waals surface area (Å²) in [5, 5.41) is 12.1. The molecule has 0 radical (unpaired) electrons. The molecule has 1 aliphatic heterocycles. The number of aromatic nitrogens is 2. The van der Waals surface area contributed by atoms with Gasteiger partial charge in [0.2, 0.25) is 5.95 Å². The summed E-state index contributed by atoms with van der Waals surface area (Å²) in [6, 6.07) is 1.93. The van der Waals surface area contributed by atoms with E-state index in [0.717, 1.165) is 44.1 Å². The zero-order valence-electron chi connectivity index (χ0n) is 10.8. The number of nitrogens with two attached hydrogens (primary N) is 1. The highest BCUT2D eigenvalue weighted by atomic mass is 16.3. The predicted molar refractivity (Wildman–Crippen MR) is 72.6 cm³/mol. The van der Waals surface area contributed by atoms with E-state index >= 15 is 0 Å². The van der Waals surface area contributed by atoms with Crippen LogP contribution >= 0.6 is 0 Å². The van der Waals surface area contributed by atoms with Crippen LogP contribution in [0.3, 0.4) is 0 Å². The number of rotatable bonds is 5. The Morgan fingerprint density at radius 2 is 2.39 bits per heavy atom. The van der Waals surface area contributed by atoms with Crippen LogP contribution < -0.4 is 16.0 Å². The average molecular weight is 251 g/mol. The molecule has 0 saturated carbocycles. The molecule has 2 rings (SSSR count). The minimum Gasteiger partial charge on any atom is -0.396 e. The number of nitrogens with one attached hydrogen (secondary N) is 1. The fraction of sp³-hybridized carbons (Fsp3) is 0.667. The van der Waals surface area contributed by atoms with Crippen molar-refractivity contribution < 1.29 is 5.11 Å². The zero-order chi connectivity index (χ0) is 13.0. The molecule has 1 aromatic heterocycles. The van der Waals surface area contributed by atoms with E-state index in [1.54, 1.807) is 0 Å². The Hall–Kier alpha value is -1.56. The first kappa shape index (κ1) is 12.9. The third kappa shape index (κ3) is 3.01. The van der Waals surface area contributed by atoms with Crippen molar-refractivity contribution in [2.24, 2.45) is 5.92 Å². The van der Waals surface area contributed by atoms with Gasteiger partial charge in [0.15, 0.2) is 0 Å². The van der Waals surface area contributed by atoms with Crippen molar-refractivity contribution in [2.75, 3.05) is 42.2 Å². The van der Waals surface area contributed by atoms with Crippen LogP contribution in [0.5, 0.6) is 0 Å². The second kappa shape index (κ2) is 5.86. The van der Waals surface area contributed by atoms with E-state index in [1.807, 2.05) is 13.0 Å². The largest absolute Gasteiger partial charge is 0.396 e. The molecule has 1 aromatic rings. The van der Waals surface area contributed by atoms with Gasteiger partial charge in [-0.25, -0.2) is 0 Å². The average Bonchev–Trinajstić information content (AvgIpc) is 2.78. The minimum atomic E-state index is 0.257. The molecule has 0 bridgehead atoms. The van der Waals surface area contributed by atoms with Crippen molar-refractivity contribution in [3.8, 4) is 0 Å². The number of hydrogen-bond acceptors (Lipinski definition) is 6. The van der Waals surface area contributed by atoms with Gasteiger partial charge in [0.1, 0.15) is 11.6 Å². The van der Waals surface area contributed by atoms with Crippen molar-refractivity contribution in [3.63, 3.8) is 0 Å². The van der Waals surface area contributed by atoms with Gasteiger partial charge in [-0.1, -0.05) is 0 Å². The molecule has 1 atom stereocenters. The summed E-state index contributed by atoms with van der Waals surface area (Å²) in [7, 11) is 0. The quantitative estimate of drug-likeness (QED) is 0.714. The van der Waals surface area contributed by atoms with Crippen molar-refractivity contribution >= 4 is 17.6 Å². The van der Waals surface area contributed by atoms with Gasteiger partial charge < -0.3 is 21.1 Å². The highest BCUT2D eigenvalue weighted by Crippen LogP contribution is 2.25. The number of anilines is 3. The molecular formula is C12H21N5O. The van der Waals surface area contributed by atoms with Crippen LogP contribution in [0, 0.1) is 5.92 Å². The maximum absolute atomic E-state index is 8.97. The summed E-state index contributed by atoms with van der Waals surface area (Å²) in [5.41, 5.74) is 5.72. The predicted octanol–water partition coefficient (Wildman–Crippen LogP) is 0.699. The molecule has 0 spiro atoms. The molecule has 18 heavy (non-hydrogen) atoms. The Kier molecular flexibility index (Phi) is 4.19. The van der Waals surface area contributed by atoms with E-state index in [4.69, 9.17) is 10.8 Å². The molecular weight excluding hydrogens is 230 g/mol. The fourth-order valence-electron chi connectivity index (χ4n) is 2.35. The van der Waals surface area contributed by atoms with Crippen LogP contribution in [0.2, 0.25) is 0 Å². The second-order valence-electron chi connectivity index (χ2n) is 4.61. The topological polar surface area (TPSA) is 87.3 Å². The standard InChI is InChI=1S/C12H21N5O/c1-2-14-10-7-11(16-12(13)15-10)17-5-3-9(8-17)4-6-18/h7,9,18H,2-6,8H2,1H3,(H3,13,14,15,16). The minimum absolute atomic E-state index is 0.257. The van der Waals surface area contributed by atoms with E-state index in [9.17, 15) is 0 Å². The number of nitrogen functional groups attached to an aromatic ring is 1. The molecule has 1 fully saturated rings. The lowest BCUT2D eigenvalue weighted by Gasteiger charge is -2.18. The molecule has 0 aliphatic carbocycles. The molecule has 2 heterocycles. The lowest BCUT2D eigenvalue weighted by atomic mass is 10.1. The van der Waals surface area contributed by atoms with Gasteiger partial charge in [0, 0.05) is 32.3 Å². The first-order chi connectivity index (χ1) is 8.72. The van der Waals surface area contributed by atoms with Crippen molar-refractivity contribution in [3.05, 3.63) is 6.07 Å². The fourth-order valence-corrected chi connectivity index (χ4v) is 2.35. The zero-order valence-corrected chi connectivity index (χ0v) is 10.8. The maximum Gasteiger partial charge on any atom is 0.223 e. The number of aliphatic hydroxyl groups excluding tert-OH is 1. The highest BCUT2D eigenvalue weighted by Gasteiger charge is 2.23. The molecule has 4 N–H and O–H groups in total. The maximum atomic E-state index is 8.97. The van der Waals surface area contributed by atoms with Gasteiger partial charge in [-0.3, -0.25) is 0 Å². The van der Waals surface area contributed by atoms with Gasteiger partial charge in [-0.05, 0) is 25.7 Å². The molecule has 0 amide bonds. The van der Waals surface area contributed by atoms with Gasteiger partial charge in [-0.15, -0.1) is 0 Å². The Morgan fingerprint density at radius 3 is 3.11 bits per heavy atom. The SMILES string of the molecule is CCNc1cc(N2CCC(CCO)C2)nc(N)n1. The molecule has 0 aromatic carbocycles. The summed E-state index contributed by atoms with van der Waals surface area (Å²) in [6.07, 6.45) is 1.96. The van der Waals surface area contributed by atoms with E-state index in [-0.39, 0.29) is 6.61 Å². The summed E-state index contributed by atoms with van der Waals surface area (Å²) in [5.74, 6) is 2.49. The lowest BCUT2D eigenvalue weighted by Crippen LogP contribution is -2.22. The van der Waals surface area contributed by atoms with Crippen LogP contribution in [0.1, 0.15) is 19.8 Å². The van der Waals surface area contributed by atoms with E-state index in [2.05, 4.69) is 20.2 Å². The highest BCUT2D eigenvalue weighted by molar-refractivity contribution is 5.53. The third-order valence-electron chi connectivity index (χ3n) is 3.24. The van der Waals surface area contributed by atoms with E-state index < -0.39 is 0 Å². The second-order valence-corrected chi connectivity index (χ2v) is 4.61. The summed E-state index contributed by atoms with van der Waals surface area (Å²) < 4.78 is 0. The molecule has 6 heteroatoms. The number of nitrogens with zero attached hydrogens (tertiary/aromatic N) is 3. The molecule has 1 unspecified atom stereocenters. The molecule has 6 nitrogen and oxygen atoms in total. The monoisotopic (exact) mass is 251 g/mol. The van der Waals surface area contributed by atoms with Gasteiger partial charge in [-0.2, -0.15) is 9.97 Å². The Balaban J connectivity index is 2.08. The number of hydrogen-bond donors (Lipinski definition) is 3. The Bertz CT molecular complexity index is 398. The molecule has 1 saturated heterocycles. The van der Waals surface area contributed by atoms with Crippen LogP contribution in [0.25, 0.3) is 0 Å². The molecule has 100 valence electrons. The van der Waals surface area contributed by atoms with Crippen LogP contribution in [0.15, 0.2) is 6.07 Å². The Labute approximate surface area is 107 Å². The van der Waals surface area contributed by atoms with Crippen molar-refractivity contribution in [2.45, 2.75) is 19.8 Å². The van der Waals surface area contributed by atoms with E-state index in [0.29, 0.717) is 11.9 Å². The Morgan fingerprint density at radius 1 is 1.56 bits per heavy atom. The summed E-state index contributed by atoms with van der Waals surface area (Å²) in [4.78, 5) is 10.6. The van der Waals surface area contributed by atoms with Crippen LogP contribution in [-0.2, 0) is 0 Å². The van der Waals surface area contributed by atoms with Gasteiger partial charge >= 0.3 is 0 Å². The van der Waals surface area contributed by atoms with Crippen molar-refractivity contribution in [1.29, 1.82) is 0 Å². The number of aliphatic hydroxyl groups is 1. The van der Waals surface area contributed by atoms with Gasteiger partial charge in [0.05, 0.1) is 0 Å². The molecule has 1 aliphatic rings. The van der Waals surface area contributed by atoms with E-state index in [1.165, 1.54) is 0 Å². The van der Waals surface area contributed by atoms with Crippen LogP contribution in [-0.4, -0.2) is 41.3 Å². The van der Waals surface area contributed by atoms with Crippen molar-refractivity contribution in [1.82, 2.24) is 9.97 Å². The lowest BCUT2D eigenvalue weighted by molar-refractivity contribution is 0.263. The van der Waals surface area contributed by atoms with Crippen LogP contribution in [0.4, 0.5) is 17.6 Å². The third-order valence-corrected chi connectivity index (χ3v) is 3.24. The summed E-state index contributed by atoms with van der Waals surface area (Å²) in [6.45, 7) is 4.98. The summed E-state index contributed by atoms with van der Waals surface area (Å²) >= 11 is 0. The first-order valence-electron chi connectivity index (χ1n) is 6.47.